The Morgan fingerprint density at radius 3 is 2.50 bits per heavy atom. The van der Waals surface area contributed by atoms with Gasteiger partial charge < -0.3 is 10.1 Å². The van der Waals surface area contributed by atoms with Crippen LogP contribution in [0.25, 0.3) is 0 Å². The number of carbonyl (C=O) groups is 2. The number of halogens is 3. The van der Waals surface area contributed by atoms with Gasteiger partial charge in [-0.1, -0.05) is 35.9 Å². The number of hydrogen-bond donors (Lipinski definition) is 1. The molecule has 0 saturated carbocycles. The first-order valence-corrected chi connectivity index (χ1v) is 12.7. The number of amides is 1. The molecule has 1 heterocycles. The van der Waals surface area contributed by atoms with Gasteiger partial charge in [-0.2, -0.15) is 4.31 Å². The van der Waals surface area contributed by atoms with Crippen LogP contribution in [0.4, 0.5) is 14.5 Å². The Morgan fingerprint density at radius 1 is 1.06 bits per heavy atom. The van der Waals surface area contributed by atoms with Crippen LogP contribution >= 0.6 is 11.6 Å². The Balaban J connectivity index is 1.49. The molecule has 1 N–H and O–H groups in total. The summed E-state index contributed by atoms with van der Waals surface area (Å²) in [6.45, 7) is -0.520. The number of anilines is 1. The number of esters is 1. The fourth-order valence-electron chi connectivity index (χ4n) is 4.00. The van der Waals surface area contributed by atoms with Crippen LogP contribution in [0.1, 0.15) is 23.6 Å². The molecule has 0 aliphatic carbocycles. The van der Waals surface area contributed by atoms with Crippen molar-refractivity contribution in [2.75, 3.05) is 18.5 Å². The molecule has 0 spiro atoms. The first-order valence-electron chi connectivity index (χ1n) is 10.9. The molecule has 1 aliphatic heterocycles. The summed E-state index contributed by atoms with van der Waals surface area (Å²) in [7, 11) is -4.06. The average Bonchev–Trinajstić information content (AvgIpc) is 2.85. The summed E-state index contributed by atoms with van der Waals surface area (Å²) in [5.41, 5.74) is 1.77. The van der Waals surface area contributed by atoms with E-state index in [1.807, 2.05) is 12.1 Å². The molecule has 0 saturated heterocycles. The number of fused-ring (bicyclic) bond motifs is 1. The minimum Gasteiger partial charge on any atom is -0.456 e. The summed E-state index contributed by atoms with van der Waals surface area (Å²) < 4.78 is 59.7. The van der Waals surface area contributed by atoms with Gasteiger partial charge in [0, 0.05) is 12.2 Å². The topological polar surface area (TPSA) is 92.8 Å². The van der Waals surface area contributed by atoms with Crippen molar-refractivity contribution < 1.29 is 31.5 Å². The van der Waals surface area contributed by atoms with Gasteiger partial charge in [0.05, 0.1) is 22.4 Å². The Hall–Kier alpha value is -3.34. The second kappa shape index (κ2) is 10.7. The highest BCUT2D eigenvalue weighted by Gasteiger charge is 2.38. The van der Waals surface area contributed by atoms with Crippen molar-refractivity contribution in [1.82, 2.24) is 4.31 Å². The number of hydrogen-bond acceptors (Lipinski definition) is 5. The molecule has 4 rings (SSSR count). The average molecular weight is 535 g/mol. The van der Waals surface area contributed by atoms with E-state index in [-0.39, 0.29) is 28.6 Å². The Labute approximate surface area is 211 Å². The number of benzene rings is 3. The molecule has 7 nitrogen and oxygen atoms in total. The van der Waals surface area contributed by atoms with E-state index in [1.54, 1.807) is 12.1 Å². The lowest BCUT2D eigenvalue weighted by Gasteiger charge is -2.36. The van der Waals surface area contributed by atoms with Gasteiger partial charge in [0.15, 0.2) is 6.61 Å². The normalized spacial score (nSPS) is 15.7. The van der Waals surface area contributed by atoms with Crippen LogP contribution in [0, 0.1) is 11.6 Å². The molecule has 3 aromatic carbocycles. The number of ether oxygens (including phenoxy) is 1. The minimum atomic E-state index is -4.06. The monoisotopic (exact) mass is 534 g/mol. The highest BCUT2D eigenvalue weighted by Crippen LogP contribution is 2.36. The van der Waals surface area contributed by atoms with Crippen LogP contribution in [0.3, 0.4) is 0 Å². The molecule has 1 unspecified atom stereocenters. The van der Waals surface area contributed by atoms with Crippen LogP contribution in [-0.4, -0.2) is 37.8 Å². The van der Waals surface area contributed by atoms with Gasteiger partial charge in [0.2, 0.25) is 10.0 Å². The summed E-state index contributed by atoms with van der Waals surface area (Å²) in [5.74, 6) is -2.68. The maximum absolute atomic E-state index is 13.4. The first-order chi connectivity index (χ1) is 17.1. The summed E-state index contributed by atoms with van der Waals surface area (Å²) in [4.78, 5) is 24.8. The lowest BCUT2D eigenvalue weighted by molar-refractivity contribution is -0.148. The summed E-state index contributed by atoms with van der Waals surface area (Å²) in [5, 5.41) is 2.26. The molecule has 11 heteroatoms. The van der Waals surface area contributed by atoms with Crippen LogP contribution in [0.2, 0.25) is 5.02 Å². The van der Waals surface area contributed by atoms with Gasteiger partial charge in [-0.3, -0.25) is 9.59 Å². The zero-order valence-electron chi connectivity index (χ0n) is 18.8. The number of carbonyl (C=O) groups excluding carboxylic acids is 2. The predicted molar refractivity (Wildman–Crippen MR) is 129 cm³/mol. The van der Waals surface area contributed by atoms with Gasteiger partial charge in [-0.05, 0) is 60.0 Å². The summed E-state index contributed by atoms with van der Waals surface area (Å²) >= 11 is 5.69. The van der Waals surface area contributed by atoms with E-state index in [0.29, 0.717) is 12.0 Å². The van der Waals surface area contributed by atoms with E-state index in [0.717, 1.165) is 23.8 Å². The molecule has 36 heavy (non-hydrogen) atoms. The quantitative estimate of drug-likeness (QED) is 0.451. The Morgan fingerprint density at radius 2 is 1.78 bits per heavy atom. The third-order valence-corrected chi connectivity index (χ3v) is 7.92. The summed E-state index contributed by atoms with van der Waals surface area (Å²) in [6, 6.07) is 14.3. The van der Waals surface area contributed by atoms with Crippen molar-refractivity contribution >= 4 is 39.2 Å². The van der Waals surface area contributed by atoms with Crippen molar-refractivity contribution in [3.8, 4) is 0 Å². The van der Waals surface area contributed by atoms with Crippen molar-refractivity contribution in [3.63, 3.8) is 0 Å². The van der Waals surface area contributed by atoms with Crippen LogP contribution in [0.15, 0.2) is 71.6 Å². The van der Waals surface area contributed by atoms with E-state index < -0.39 is 46.2 Å². The SMILES string of the molecule is O=C(COC(=O)CC1c2ccccc2CCN1S(=O)(=O)c1ccc(F)cc1)Nc1ccc(F)c(Cl)c1. The van der Waals surface area contributed by atoms with Crippen LogP contribution < -0.4 is 5.32 Å². The van der Waals surface area contributed by atoms with Crippen LogP contribution in [0.5, 0.6) is 0 Å². The molecule has 188 valence electrons. The number of rotatable bonds is 7. The van der Waals surface area contributed by atoms with E-state index in [9.17, 15) is 26.8 Å². The van der Waals surface area contributed by atoms with E-state index in [4.69, 9.17) is 16.3 Å². The second-order valence-corrected chi connectivity index (χ2v) is 10.4. The minimum absolute atomic E-state index is 0.0982. The third kappa shape index (κ3) is 5.72. The van der Waals surface area contributed by atoms with Gasteiger partial charge in [-0.15, -0.1) is 0 Å². The second-order valence-electron chi connectivity index (χ2n) is 8.08. The zero-order chi connectivity index (χ0) is 25.9. The molecule has 1 aliphatic rings. The molecule has 0 bridgehead atoms. The van der Waals surface area contributed by atoms with E-state index in [2.05, 4.69) is 5.32 Å². The van der Waals surface area contributed by atoms with Gasteiger partial charge in [-0.25, -0.2) is 17.2 Å². The largest absolute Gasteiger partial charge is 0.456 e. The molecule has 0 radical (unpaired) electrons. The number of nitrogens with one attached hydrogen (secondary N) is 1. The first kappa shape index (κ1) is 25.7. The van der Waals surface area contributed by atoms with Crippen molar-refractivity contribution in [1.29, 1.82) is 0 Å². The van der Waals surface area contributed by atoms with Crippen molar-refractivity contribution in [2.24, 2.45) is 0 Å². The molecule has 0 aromatic heterocycles. The zero-order valence-corrected chi connectivity index (χ0v) is 20.4. The molecule has 0 fully saturated rings. The highest BCUT2D eigenvalue weighted by atomic mass is 35.5. The fourth-order valence-corrected chi connectivity index (χ4v) is 5.79. The van der Waals surface area contributed by atoms with Crippen molar-refractivity contribution in [3.05, 3.63) is 94.5 Å². The van der Waals surface area contributed by atoms with Crippen LogP contribution in [-0.2, 0) is 30.8 Å². The molecule has 1 atom stereocenters. The molecular formula is C25H21ClF2N2O5S. The van der Waals surface area contributed by atoms with E-state index >= 15 is 0 Å². The smallest absolute Gasteiger partial charge is 0.308 e. The van der Waals surface area contributed by atoms with Crippen molar-refractivity contribution in [2.45, 2.75) is 23.8 Å². The number of sulfonamides is 1. The highest BCUT2D eigenvalue weighted by molar-refractivity contribution is 7.89. The Bertz CT molecular complexity index is 1400. The predicted octanol–water partition coefficient (Wildman–Crippen LogP) is 4.48. The third-order valence-electron chi connectivity index (χ3n) is 5.71. The van der Waals surface area contributed by atoms with Gasteiger partial charge in [0.25, 0.3) is 5.91 Å². The van der Waals surface area contributed by atoms with E-state index in [1.165, 1.54) is 28.6 Å². The maximum Gasteiger partial charge on any atom is 0.308 e. The fraction of sp³-hybridized carbons (Fsp3) is 0.200. The lowest BCUT2D eigenvalue weighted by atomic mass is 9.92. The number of nitrogens with zero attached hydrogens (tertiary/aromatic N) is 1. The molecule has 3 aromatic rings. The standard InChI is InChI=1S/C25H21ClF2N2O5S/c26-21-13-18(7-10-22(21)28)29-24(31)15-35-25(32)14-23-20-4-2-1-3-16(20)11-12-30(23)36(33,34)19-8-5-17(27)6-9-19/h1-10,13,23H,11-12,14-15H2,(H,29,31). The van der Waals surface area contributed by atoms with Gasteiger partial charge >= 0.3 is 5.97 Å². The lowest BCUT2D eigenvalue weighted by Crippen LogP contribution is -2.41. The maximum atomic E-state index is 13.4. The molecule has 1 amide bonds. The molecular weight excluding hydrogens is 514 g/mol. The summed E-state index contributed by atoms with van der Waals surface area (Å²) in [6.07, 6.45) is 0.0951. The Kier molecular flexibility index (Phi) is 7.67. The van der Waals surface area contributed by atoms with Gasteiger partial charge in [0.1, 0.15) is 11.6 Å².